The highest BCUT2D eigenvalue weighted by molar-refractivity contribution is 7.90. The van der Waals surface area contributed by atoms with Gasteiger partial charge in [-0.2, -0.15) is 43.2 Å². The summed E-state index contributed by atoms with van der Waals surface area (Å²) in [6.07, 6.45) is 2.23. The van der Waals surface area contributed by atoms with Crippen molar-refractivity contribution < 1.29 is 47.7 Å². The molecule has 1 aromatic heterocycles. The maximum atomic E-state index is 11.8. The van der Waals surface area contributed by atoms with E-state index >= 15 is 0 Å². The van der Waals surface area contributed by atoms with Gasteiger partial charge in [0.15, 0.2) is 0 Å². The lowest BCUT2D eigenvalue weighted by atomic mass is 11.0. The Hall–Kier alpha value is -1.35. The van der Waals surface area contributed by atoms with Crippen LogP contribution in [0.4, 0.5) is 26.3 Å². The standard InChI is InChI=1S/C4H3F3N2O2S.CHF3O3S/c5-4(6,7)12(10,11)9-2-1-8-3-9;2-1(3,4)8(5,6)7/h1-3H;(H,5,6,7). The Morgan fingerprint density at radius 3 is 1.55 bits per heavy atom. The fourth-order valence-corrected chi connectivity index (χ4v) is 1.14. The summed E-state index contributed by atoms with van der Waals surface area (Å²) in [5.41, 5.74) is -10.8. The Bertz CT molecular complexity index is 628. The number of halogens is 6. The van der Waals surface area contributed by atoms with Crippen molar-refractivity contribution in [2.45, 2.75) is 11.0 Å². The van der Waals surface area contributed by atoms with E-state index in [0.29, 0.717) is 12.5 Å². The second kappa shape index (κ2) is 5.57. The summed E-state index contributed by atoms with van der Waals surface area (Å²) in [5, 5.41) is 0. The molecular weight excluding hydrogens is 346 g/mol. The average molecular weight is 350 g/mol. The number of alkyl halides is 6. The molecule has 1 aromatic rings. The lowest BCUT2D eigenvalue weighted by Crippen LogP contribution is -2.28. The first-order valence-corrected chi connectivity index (χ1v) is 6.82. The van der Waals surface area contributed by atoms with Crippen LogP contribution in [0.2, 0.25) is 0 Å². The van der Waals surface area contributed by atoms with E-state index in [2.05, 4.69) is 4.98 Å². The molecular formula is C5H4F6N2O5S2. The van der Waals surface area contributed by atoms with Crippen molar-refractivity contribution in [3.63, 3.8) is 0 Å². The van der Waals surface area contributed by atoms with Gasteiger partial charge in [0.25, 0.3) is 0 Å². The van der Waals surface area contributed by atoms with Gasteiger partial charge in [0.05, 0.1) is 0 Å². The Morgan fingerprint density at radius 2 is 1.35 bits per heavy atom. The Morgan fingerprint density at radius 1 is 0.950 bits per heavy atom. The molecule has 0 unspecified atom stereocenters. The van der Waals surface area contributed by atoms with Gasteiger partial charge in [0.1, 0.15) is 6.33 Å². The summed E-state index contributed by atoms with van der Waals surface area (Å²) in [7, 11) is -11.1. The Labute approximate surface area is 107 Å². The smallest absolute Gasteiger partial charge is 0.279 e. The highest BCUT2D eigenvalue weighted by atomic mass is 32.2. The van der Waals surface area contributed by atoms with Gasteiger partial charge in [0.2, 0.25) is 0 Å². The lowest BCUT2D eigenvalue weighted by molar-refractivity contribution is -0.0510. The number of hydrogen-bond donors (Lipinski definition) is 1. The normalized spacial score (nSPS) is 13.6. The number of imidazole rings is 1. The molecule has 20 heavy (non-hydrogen) atoms. The zero-order chi connectivity index (χ0) is 16.4. The van der Waals surface area contributed by atoms with Crippen LogP contribution in [0.1, 0.15) is 0 Å². The SMILES string of the molecule is O=S(=O)(O)C(F)(F)F.O=S(=O)(n1ccnc1)C(F)(F)F. The molecule has 0 saturated carbocycles. The van der Waals surface area contributed by atoms with Crippen molar-refractivity contribution in [1.82, 2.24) is 8.96 Å². The minimum atomic E-state index is -5.84. The minimum absolute atomic E-state index is 0.00694. The quantitative estimate of drug-likeness (QED) is 0.460. The van der Waals surface area contributed by atoms with Crippen molar-refractivity contribution in [2.75, 3.05) is 0 Å². The van der Waals surface area contributed by atoms with Gasteiger partial charge in [-0.3, -0.25) is 4.55 Å². The van der Waals surface area contributed by atoms with Crippen LogP contribution in [-0.4, -0.2) is 41.4 Å². The largest absolute Gasteiger partial charge is 0.522 e. The predicted octanol–water partition coefficient (Wildman–Crippen LogP) is 0.975. The number of hydrogen-bond acceptors (Lipinski definition) is 5. The van der Waals surface area contributed by atoms with E-state index in [1.54, 1.807) is 0 Å². The lowest BCUT2D eigenvalue weighted by Gasteiger charge is -2.06. The van der Waals surface area contributed by atoms with Crippen LogP contribution in [0, 0.1) is 0 Å². The summed E-state index contributed by atoms with van der Waals surface area (Å²) < 4.78 is 114. The fourth-order valence-electron chi connectivity index (χ4n) is 0.509. The van der Waals surface area contributed by atoms with Crippen molar-refractivity contribution in [2.24, 2.45) is 0 Å². The van der Waals surface area contributed by atoms with Gasteiger partial charge >= 0.3 is 31.2 Å². The second-order valence-corrected chi connectivity index (χ2v) is 6.01. The number of nitrogens with zero attached hydrogens (tertiary/aromatic N) is 2. The van der Waals surface area contributed by atoms with Gasteiger partial charge in [-0.15, -0.1) is 0 Å². The molecule has 0 spiro atoms. The first kappa shape index (κ1) is 18.7. The molecule has 118 valence electrons. The van der Waals surface area contributed by atoms with Crippen LogP contribution in [0.3, 0.4) is 0 Å². The molecule has 0 atom stereocenters. The third kappa shape index (κ3) is 4.64. The molecule has 0 radical (unpaired) electrons. The molecule has 0 aliphatic carbocycles. The molecule has 0 saturated heterocycles. The topological polar surface area (TPSA) is 106 Å². The number of rotatable bonds is 1. The van der Waals surface area contributed by atoms with Crippen LogP contribution in [-0.2, 0) is 20.1 Å². The van der Waals surface area contributed by atoms with Crippen molar-refractivity contribution in [3.05, 3.63) is 18.7 Å². The molecule has 0 amide bonds. The summed E-state index contributed by atoms with van der Waals surface area (Å²) in [6.45, 7) is 0. The molecule has 7 nitrogen and oxygen atoms in total. The van der Waals surface area contributed by atoms with Crippen LogP contribution >= 0.6 is 0 Å². The van der Waals surface area contributed by atoms with Gasteiger partial charge in [-0.05, 0) is 0 Å². The highest BCUT2D eigenvalue weighted by Crippen LogP contribution is 2.24. The van der Waals surface area contributed by atoms with Crippen LogP contribution in [0.15, 0.2) is 18.7 Å². The second-order valence-electron chi connectivity index (χ2n) is 2.76. The Balaban J connectivity index is 0.000000396. The van der Waals surface area contributed by atoms with Crippen molar-refractivity contribution >= 4 is 20.1 Å². The van der Waals surface area contributed by atoms with E-state index in [9.17, 15) is 34.8 Å². The summed E-state index contributed by atoms with van der Waals surface area (Å²) in [6, 6.07) is 0. The zero-order valence-electron chi connectivity index (χ0n) is 8.79. The molecule has 1 heterocycles. The van der Waals surface area contributed by atoms with E-state index in [-0.39, 0.29) is 3.97 Å². The first-order chi connectivity index (χ1) is 8.61. The number of aromatic nitrogens is 2. The van der Waals surface area contributed by atoms with Gasteiger partial charge in [0, 0.05) is 12.4 Å². The summed E-state index contributed by atoms with van der Waals surface area (Å²) in [4.78, 5) is 3.19. The zero-order valence-corrected chi connectivity index (χ0v) is 10.4. The Kier molecular flexibility index (Phi) is 5.19. The third-order valence-electron chi connectivity index (χ3n) is 1.34. The molecule has 0 aliphatic heterocycles. The van der Waals surface area contributed by atoms with Crippen LogP contribution < -0.4 is 0 Å². The molecule has 0 fully saturated rings. The van der Waals surface area contributed by atoms with Gasteiger partial charge < -0.3 is 0 Å². The summed E-state index contributed by atoms with van der Waals surface area (Å²) in [5.74, 6) is 0. The van der Waals surface area contributed by atoms with Crippen LogP contribution in [0.25, 0.3) is 0 Å². The van der Waals surface area contributed by atoms with E-state index in [1.165, 1.54) is 0 Å². The molecule has 0 aliphatic rings. The maximum Gasteiger partial charge on any atom is 0.522 e. The molecule has 0 aromatic carbocycles. The van der Waals surface area contributed by atoms with E-state index in [1.807, 2.05) is 0 Å². The van der Waals surface area contributed by atoms with E-state index in [4.69, 9.17) is 13.0 Å². The van der Waals surface area contributed by atoms with E-state index < -0.39 is 31.2 Å². The first-order valence-electron chi connectivity index (χ1n) is 3.94. The fraction of sp³-hybridized carbons (Fsp3) is 0.400. The third-order valence-corrected chi connectivity index (χ3v) is 3.28. The highest BCUT2D eigenvalue weighted by Gasteiger charge is 2.47. The molecule has 1 N–H and O–H groups in total. The minimum Gasteiger partial charge on any atom is -0.279 e. The van der Waals surface area contributed by atoms with Crippen molar-refractivity contribution in [1.29, 1.82) is 0 Å². The maximum absolute atomic E-state index is 11.8. The molecule has 0 bridgehead atoms. The van der Waals surface area contributed by atoms with Crippen molar-refractivity contribution in [3.8, 4) is 0 Å². The van der Waals surface area contributed by atoms with Gasteiger partial charge in [-0.25, -0.2) is 8.96 Å². The van der Waals surface area contributed by atoms with Crippen LogP contribution in [0.5, 0.6) is 0 Å². The van der Waals surface area contributed by atoms with E-state index in [0.717, 1.165) is 6.20 Å². The van der Waals surface area contributed by atoms with Gasteiger partial charge in [-0.1, -0.05) is 0 Å². The average Bonchev–Trinajstić information content (AvgIpc) is 2.65. The predicted molar refractivity (Wildman–Crippen MR) is 50.2 cm³/mol. The summed E-state index contributed by atoms with van der Waals surface area (Å²) >= 11 is 0. The monoisotopic (exact) mass is 350 g/mol. The molecule has 15 heteroatoms. The molecule has 1 rings (SSSR count).